The van der Waals surface area contributed by atoms with E-state index in [0.29, 0.717) is 32.1 Å². The van der Waals surface area contributed by atoms with Gasteiger partial charge in [-0.1, -0.05) is 73.5 Å². The molecule has 2 aliphatic rings. The van der Waals surface area contributed by atoms with Gasteiger partial charge in [0.25, 0.3) is 0 Å². The Bertz CT molecular complexity index is 1250. The topological polar surface area (TPSA) is 74.2 Å². The number of nitrogens with one attached hydrogen (secondary N) is 1. The minimum atomic E-state index is -0.0885. The molecule has 2 amide bonds. The van der Waals surface area contributed by atoms with E-state index in [0.717, 1.165) is 53.8 Å². The molecule has 0 saturated carbocycles. The molecular weight excluding hydrogens is 476 g/mol. The Morgan fingerprint density at radius 1 is 0.947 bits per heavy atom. The van der Waals surface area contributed by atoms with Crippen LogP contribution < -0.4 is 10.1 Å². The van der Waals surface area contributed by atoms with Gasteiger partial charge in [-0.05, 0) is 42.2 Å². The van der Waals surface area contributed by atoms with Crippen molar-refractivity contribution in [3.8, 4) is 5.75 Å². The first-order valence-electron chi connectivity index (χ1n) is 13.3. The number of benzene rings is 3. The third kappa shape index (κ3) is 6.05. The van der Waals surface area contributed by atoms with Crippen LogP contribution in [-0.4, -0.2) is 47.8 Å². The van der Waals surface area contributed by atoms with Crippen molar-refractivity contribution in [2.45, 2.75) is 44.7 Å². The van der Waals surface area contributed by atoms with Crippen LogP contribution in [0.4, 0.5) is 5.69 Å². The van der Waals surface area contributed by atoms with E-state index in [4.69, 9.17) is 4.74 Å². The summed E-state index contributed by atoms with van der Waals surface area (Å²) < 4.78 is 5.98. The van der Waals surface area contributed by atoms with Gasteiger partial charge >= 0.3 is 0 Å². The van der Waals surface area contributed by atoms with Gasteiger partial charge in [0, 0.05) is 25.6 Å². The zero-order valence-electron chi connectivity index (χ0n) is 21.8. The second-order valence-corrected chi connectivity index (χ2v) is 9.87. The molecule has 0 spiro atoms. The van der Waals surface area contributed by atoms with Crippen molar-refractivity contribution in [2.24, 2.45) is 4.99 Å². The molecule has 1 fully saturated rings. The van der Waals surface area contributed by atoms with Gasteiger partial charge in [-0.3, -0.25) is 14.9 Å². The summed E-state index contributed by atoms with van der Waals surface area (Å²) in [5.74, 6) is 1.60. The molecule has 7 heteroatoms. The van der Waals surface area contributed by atoms with E-state index < -0.39 is 0 Å². The fourth-order valence-electron chi connectivity index (χ4n) is 5.08. The quantitative estimate of drug-likeness (QED) is 0.360. The van der Waals surface area contributed by atoms with Crippen molar-refractivity contribution >= 4 is 23.5 Å². The average Bonchev–Trinajstić information content (AvgIpc) is 3.30. The lowest BCUT2D eigenvalue weighted by molar-refractivity contribution is -0.131. The van der Waals surface area contributed by atoms with E-state index in [1.54, 1.807) is 0 Å². The highest BCUT2D eigenvalue weighted by atomic mass is 16.5. The number of aliphatic imine (C=N–C) groups is 1. The molecule has 0 radical (unpaired) electrons. The van der Waals surface area contributed by atoms with E-state index >= 15 is 0 Å². The van der Waals surface area contributed by atoms with E-state index in [1.165, 1.54) is 0 Å². The minimum absolute atomic E-state index is 0.0198. The first kappa shape index (κ1) is 25.5. The van der Waals surface area contributed by atoms with Crippen LogP contribution in [0.5, 0.6) is 5.75 Å². The normalized spacial score (nSPS) is 14.0. The van der Waals surface area contributed by atoms with Crippen molar-refractivity contribution in [2.75, 3.05) is 20.2 Å². The number of fused-ring (bicyclic) bond motifs is 2. The van der Waals surface area contributed by atoms with Gasteiger partial charge in [0.15, 0.2) is 0 Å². The molecular formula is C31H34N4O3. The van der Waals surface area contributed by atoms with E-state index in [9.17, 15) is 9.59 Å². The van der Waals surface area contributed by atoms with Gasteiger partial charge in [0.2, 0.25) is 17.8 Å². The van der Waals surface area contributed by atoms with Crippen LogP contribution in [0.2, 0.25) is 0 Å². The first-order chi connectivity index (χ1) is 18.6. The highest BCUT2D eigenvalue weighted by Crippen LogP contribution is 2.31. The number of nitrogens with zero attached hydrogens (tertiary/aromatic N) is 3. The second kappa shape index (κ2) is 11.9. The Kier molecular flexibility index (Phi) is 8.02. The van der Waals surface area contributed by atoms with Gasteiger partial charge in [-0.25, -0.2) is 4.99 Å². The van der Waals surface area contributed by atoms with Gasteiger partial charge in [-0.2, -0.15) is 0 Å². The standard InChI is InChI=1S/C31H34N4O3/c1-34(30(23-12-6-4-7-13-23)24-14-8-5-9-15-24)29(37)16-10-2-3-11-19-38-26-17-18-27-25(20-26)21-35-22-28(36)33-31(35)32-27/h4-9,12-15,17-18,20,30H,2-3,10-11,16,19,21-22H2,1H3,(H,32,33,36). The maximum atomic E-state index is 13.1. The fraction of sp³-hybridized carbons (Fsp3) is 0.323. The maximum absolute atomic E-state index is 13.1. The Labute approximate surface area is 224 Å². The molecule has 1 saturated heterocycles. The van der Waals surface area contributed by atoms with Crippen molar-refractivity contribution < 1.29 is 14.3 Å². The van der Waals surface area contributed by atoms with Crippen molar-refractivity contribution in [3.05, 3.63) is 95.6 Å². The Morgan fingerprint density at radius 2 is 1.63 bits per heavy atom. The molecule has 0 atom stereocenters. The lowest BCUT2D eigenvalue weighted by Gasteiger charge is -2.29. The highest BCUT2D eigenvalue weighted by molar-refractivity contribution is 6.05. The monoisotopic (exact) mass is 510 g/mol. The molecule has 3 aromatic carbocycles. The molecule has 0 bridgehead atoms. The molecule has 3 aromatic rings. The van der Waals surface area contributed by atoms with Crippen LogP contribution in [0.15, 0.2) is 83.9 Å². The Hall–Kier alpha value is -4.13. The number of carbonyl (C=O) groups is 2. The van der Waals surface area contributed by atoms with Crippen LogP contribution in [0, 0.1) is 0 Å². The smallest absolute Gasteiger partial charge is 0.246 e. The van der Waals surface area contributed by atoms with Gasteiger partial charge < -0.3 is 14.5 Å². The third-order valence-electron chi connectivity index (χ3n) is 7.09. The number of rotatable bonds is 11. The van der Waals surface area contributed by atoms with E-state index in [1.807, 2.05) is 71.4 Å². The summed E-state index contributed by atoms with van der Waals surface area (Å²) in [5.41, 5.74) is 4.18. The SMILES string of the molecule is CN(C(=O)CCCCCCOc1ccc2c(c1)CN1CC(=O)NC1=N2)C(c1ccccc1)c1ccccc1. The molecule has 5 rings (SSSR count). The van der Waals surface area contributed by atoms with Crippen LogP contribution in [0.25, 0.3) is 0 Å². The average molecular weight is 511 g/mol. The number of carbonyl (C=O) groups excluding carboxylic acids is 2. The number of amides is 2. The number of ether oxygens (including phenoxy) is 1. The van der Waals surface area contributed by atoms with Crippen LogP contribution in [0.1, 0.15) is 54.8 Å². The zero-order chi connectivity index (χ0) is 26.3. The molecule has 0 unspecified atom stereocenters. The minimum Gasteiger partial charge on any atom is -0.494 e. The summed E-state index contributed by atoms with van der Waals surface area (Å²) in [7, 11) is 1.91. The first-order valence-corrected chi connectivity index (χ1v) is 13.3. The predicted molar refractivity (Wildman–Crippen MR) is 148 cm³/mol. The molecule has 38 heavy (non-hydrogen) atoms. The number of hydrogen-bond donors (Lipinski definition) is 1. The summed E-state index contributed by atoms with van der Waals surface area (Å²) in [5, 5.41) is 2.79. The lowest BCUT2D eigenvalue weighted by atomic mass is 9.97. The van der Waals surface area contributed by atoms with E-state index in [-0.39, 0.29) is 17.9 Å². The van der Waals surface area contributed by atoms with Crippen molar-refractivity contribution in [3.63, 3.8) is 0 Å². The molecule has 7 nitrogen and oxygen atoms in total. The van der Waals surface area contributed by atoms with Crippen LogP contribution in [0.3, 0.4) is 0 Å². The Balaban J connectivity index is 1.04. The van der Waals surface area contributed by atoms with Crippen LogP contribution >= 0.6 is 0 Å². The summed E-state index contributed by atoms with van der Waals surface area (Å²) in [6.45, 7) is 1.64. The third-order valence-corrected chi connectivity index (χ3v) is 7.09. The van der Waals surface area contributed by atoms with Crippen LogP contribution in [-0.2, 0) is 16.1 Å². The highest BCUT2D eigenvalue weighted by Gasteiger charge is 2.29. The molecule has 0 aliphatic carbocycles. The number of unbranched alkanes of at least 4 members (excludes halogenated alkanes) is 3. The summed E-state index contributed by atoms with van der Waals surface area (Å²) in [6, 6.07) is 26.2. The lowest BCUT2D eigenvalue weighted by Crippen LogP contribution is -2.31. The van der Waals surface area contributed by atoms with Crippen molar-refractivity contribution in [1.82, 2.24) is 15.1 Å². The summed E-state index contributed by atoms with van der Waals surface area (Å²) in [4.78, 5) is 33.0. The van der Waals surface area contributed by atoms with Gasteiger partial charge in [0.1, 0.15) is 12.3 Å². The van der Waals surface area contributed by atoms with E-state index in [2.05, 4.69) is 34.6 Å². The number of guanidine groups is 1. The van der Waals surface area contributed by atoms with Gasteiger partial charge in [-0.15, -0.1) is 0 Å². The summed E-state index contributed by atoms with van der Waals surface area (Å²) in [6.07, 6.45) is 4.33. The molecule has 2 aliphatic heterocycles. The second-order valence-electron chi connectivity index (χ2n) is 9.87. The summed E-state index contributed by atoms with van der Waals surface area (Å²) >= 11 is 0. The molecule has 196 valence electrons. The maximum Gasteiger partial charge on any atom is 0.246 e. The Morgan fingerprint density at radius 3 is 2.34 bits per heavy atom. The fourth-order valence-corrected chi connectivity index (χ4v) is 5.08. The van der Waals surface area contributed by atoms with Crippen molar-refractivity contribution in [1.29, 1.82) is 0 Å². The molecule has 2 heterocycles. The van der Waals surface area contributed by atoms with Gasteiger partial charge in [0.05, 0.1) is 18.3 Å². The molecule has 0 aromatic heterocycles. The largest absolute Gasteiger partial charge is 0.494 e. The zero-order valence-corrected chi connectivity index (χ0v) is 21.8. The predicted octanol–water partition coefficient (Wildman–Crippen LogP) is 5.20. The molecule has 1 N–H and O–H groups in total. The number of hydrogen-bond acceptors (Lipinski definition) is 5.